The van der Waals surface area contributed by atoms with E-state index >= 15 is 0 Å². The zero-order valence-electron chi connectivity index (χ0n) is 9.08. The summed E-state index contributed by atoms with van der Waals surface area (Å²) in [6.07, 6.45) is 2.25. The summed E-state index contributed by atoms with van der Waals surface area (Å²) in [7, 11) is 0. The Bertz CT molecular complexity index is 301. The molecule has 0 aliphatic carbocycles. The van der Waals surface area contributed by atoms with Gasteiger partial charge in [-0.05, 0) is 42.4 Å². The standard InChI is InChI=1S/C13H17FO/c1-10(12-6-8-15-9-7-12)11-2-4-13(14)5-3-11/h2-5,10,12H,6-9H2,1H3/t10-/m1/s1. The summed E-state index contributed by atoms with van der Waals surface area (Å²) >= 11 is 0. The van der Waals surface area contributed by atoms with Crippen LogP contribution in [0.25, 0.3) is 0 Å². The Hall–Kier alpha value is -0.890. The molecule has 0 radical (unpaired) electrons. The molecule has 1 aromatic rings. The normalized spacial score (nSPS) is 20.1. The number of hydrogen-bond donors (Lipinski definition) is 0. The lowest BCUT2D eigenvalue weighted by Crippen LogP contribution is -2.20. The van der Waals surface area contributed by atoms with Gasteiger partial charge in [0, 0.05) is 13.2 Å². The molecule has 0 spiro atoms. The lowest BCUT2D eigenvalue weighted by Gasteiger charge is -2.28. The highest BCUT2D eigenvalue weighted by Gasteiger charge is 2.21. The van der Waals surface area contributed by atoms with Crippen molar-refractivity contribution in [2.75, 3.05) is 13.2 Å². The molecule has 0 aromatic heterocycles. The molecule has 1 aromatic carbocycles. The Morgan fingerprint density at radius 1 is 1.20 bits per heavy atom. The Labute approximate surface area is 90.3 Å². The highest BCUT2D eigenvalue weighted by molar-refractivity contribution is 5.20. The molecule has 2 heteroatoms. The van der Waals surface area contributed by atoms with Crippen LogP contribution in [0.3, 0.4) is 0 Å². The van der Waals surface area contributed by atoms with E-state index in [0.29, 0.717) is 11.8 Å². The molecule has 1 saturated heterocycles. The second kappa shape index (κ2) is 4.75. The quantitative estimate of drug-likeness (QED) is 0.724. The van der Waals surface area contributed by atoms with Crippen molar-refractivity contribution in [1.29, 1.82) is 0 Å². The van der Waals surface area contributed by atoms with Gasteiger partial charge < -0.3 is 4.74 Å². The Balaban J connectivity index is 2.05. The molecule has 1 nitrogen and oxygen atoms in total. The van der Waals surface area contributed by atoms with Gasteiger partial charge in [0.05, 0.1) is 0 Å². The van der Waals surface area contributed by atoms with Gasteiger partial charge in [0.15, 0.2) is 0 Å². The van der Waals surface area contributed by atoms with E-state index in [-0.39, 0.29) is 5.82 Å². The van der Waals surface area contributed by atoms with Crippen LogP contribution >= 0.6 is 0 Å². The van der Waals surface area contributed by atoms with Crippen molar-refractivity contribution < 1.29 is 9.13 Å². The third-order valence-electron chi connectivity index (χ3n) is 3.37. The zero-order chi connectivity index (χ0) is 10.7. The van der Waals surface area contributed by atoms with Crippen LogP contribution in [0.4, 0.5) is 4.39 Å². The number of rotatable bonds is 2. The van der Waals surface area contributed by atoms with Crippen LogP contribution in [0.15, 0.2) is 24.3 Å². The first-order valence-corrected chi connectivity index (χ1v) is 5.60. The molecule has 82 valence electrons. The molecule has 1 aliphatic heterocycles. The van der Waals surface area contributed by atoms with Gasteiger partial charge in [-0.1, -0.05) is 19.1 Å². The molecule has 0 bridgehead atoms. The average Bonchev–Trinajstić information content (AvgIpc) is 2.30. The van der Waals surface area contributed by atoms with Crippen LogP contribution in [-0.4, -0.2) is 13.2 Å². The molecule has 1 atom stereocenters. The van der Waals surface area contributed by atoms with Crippen molar-refractivity contribution in [2.45, 2.75) is 25.7 Å². The van der Waals surface area contributed by atoms with Crippen molar-refractivity contribution in [1.82, 2.24) is 0 Å². The van der Waals surface area contributed by atoms with E-state index in [1.54, 1.807) is 12.1 Å². The predicted octanol–water partition coefficient (Wildman–Crippen LogP) is 3.36. The summed E-state index contributed by atoms with van der Waals surface area (Å²) in [6.45, 7) is 3.97. The van der Waals surface area contributed by atoms with Crippen molar-refractivity contribution in [2.24, 2.45) is 5.92 Å². The molecule has 2 rings (SSSR count). The maximum atomic E-state index is 12.8. The summed E-state index contributed by atoms with van der Waals surface area (Å²) in [5, 5.41) is 0. The molecular weight excluding hydrogens is 191 g/mol. The van der Waals surface area contributed by atoms with Gasteiger partial charge in [-0.25, -0.2) is 4.39 Å². The molecule has 1 aliphatic rings. The summed E-state index contributed by atoms with van der Waals surface area (Å²) in [5.74, 6) is 1.04. The first-order chi connectivity index (χ1) is 7.27. The second-order valence-corrected chi connectivity index (χ2v) is 4.29. The number of benzene rings is 1. The molecule has 15 heavy (non-hydrogen) atoms. The third kappa shape index (κ3) is 2.57. The smallest absolute Gasteiger partial charge is 0.123 e. The van der Waals surface area contributed by atoms with Gasteiger partial charge in [0.25, 0.3) is 0 Å². The van der Waals surface area contributed by atoms with E-state index < -0.39 is 0 Å². The van der Waals surface area contributed by atoms with Crippen LogP contribution < -0.4 is 0 Å². The van der Waals surface area contributed by atoms with Gasteiger partial charge in [0.2, 0.25) is 0 Å². The Morgan fingerprint density at radius 2 is 1.80 bits per heavy atom. The number of halogens is 1. The highest BCUT2D eigenvalue weighted by Crippen LogP contribution is 2.31. The summed E-state index contributed by atoms with van der Waals surface area (Å²) in [4.78, 5) is 0. The van der Waals surface area contributed by atoms with Crippen molar-refractivity contribution in [3.8, 4) is 0 Å². The topological polar surface area (TPSA) is 9.23 Å². The molecule has 1 heterocycles. The fourth-order valence-corrected chi connectivity index (χ4v) is 2.25. The van der Waals surface area contributed by atoms with Crippen LogP contribution in [0, 0.1) is 11.7 Å². The SMILES string of the molecule is C[C@H](c1ccc(F)cc1)C1CCOCC1. The van der Waals surface area contributed by atoms with Gasteiger partial charge in [-0.3, -0.25) is 0 Å². The summed E-state index contributed by atoms with van der Waals surface area (Å²) < 4.78 is 18.1. The maximum absolute atomic E-state index is 12.8. The van der Waals surface area contributed by atoms with Crippen LogP contribution in [0.1, 0.15) is 31.2 Å². The minimum absolute atomic E-state index is 0.155. The van der Waals surface area contributed by atoms with E-state index in [1.165, 1.54) is 5.56 Å². The lowest BCUT2D eigenvalue weighted by molar-refractivity contribution is 0.0596. The fourth-order valence-electron chi connectivity index (χ4n) is 2.25. The Kier molecular flexibility index (Phi) is 3.37. The van der Waals surface area contributed by atoms with Crippen LogP contribution in [-0.2, 0) is 4.74 Å². The third-order valence-corrected chi connectivity index (χ3v) is 3.37. The zero-order valence-corrected chi connectivity index (χ0v) is 9.08. The lowest BCUT2D eigenvalue weighted by atomic mass is 9.83. The first kappa shape index (κ1) is 10.6. The number of hydrogen-bond acceptors (Lipinski definition) is 1. The number of ether oxygens (including phenoxy) is 1. The fraction of sp³-hybridized carbons (Fsp3) is 0.538. The molecule has 1 fully saturated rings. The van der Waals surface area contributed by atoms with Crippen molar-refractivity contribution >= 4 is 0 Å². The van der Waals surface area contributed by atoms with Crippen molar-refractivity contribution in [3.05, 3.63) is 35.6 Å². The van der Waals surface area contributed by atoms with Gasteiger partial charge in [0.1, 0.15) is 5.82 Å². The largest absolute Gasteiger partial charge is 0.381 e. The summed E-state index contributed by atoms with van der Waals surface area (Å²) in [6, 6.07) is 6.89. The van der Waals surface area contributed by atoms with E-state index in [0.717, 1.165) is 26.1 Å². The summed E-state index contributed by atoms with van der Waals surface area (Å²) in [5.41, 5.74) is 1.24. The second-order valence-electron chi connectivity index (χ2n) is 4.29. The minimum Gasteiger partial charge on any atom is -0.381 e. The van der Waals surface area contributed by atoms with Crippen molar-refractivity contribution in [3.63, 3.8) is 0 Å². The first-order valence-electron chi connectivity index (χ1n) is 5.60. The van der Waals surface area contributed by atoms with Gasteiger partial charge in [-0.2, -0.15) is 0 Å². The molecule has 0 unspecified atom stereocenters. The predicted molar refractivity (Wildman–Crippen MR) is 58.4 cm³/mol. The maximum Gasteiger partial charge on any atom is 0.123 e. The Morgan fingerprint density at radius 3 is 2.40 bits per heavy atom. The highest BCUT2D eigenvalue weighted by atomic mass is 19.1. The molecule has 0 N–H and O–H groups in total. The van der Waals surface area contributed by atoms with Gasteiger partial charge in [-0.15, -0.1) is 0 Å². The average molecular weight is 208 g/mol. The van der Waals surface area contributed by atoms with Crippen LogP contribution in [0.5, 0.6) is 0 Å². The van der Waals surface area contributed by atoms with E-state index in [9.17, 15) is 4.39 Å². The van der Waals surface area contributed by atoms with E-state index in [1.807, 2.05) is 12.1 Å². The molecule has 0 amide bonds. The molecular formula is C13H17FO. The van der Waals surface area contributed by atoms with E-state index in [4.69, 9.17) is 4.74 Å². The van der Waals surface area contributed by atoms with Crippen LogP contribution in [0.2, 0.25) is 0 Å². The molecule has 0 saturated carbocycles. The monoisotopic (exact) mass is 208 g/mol. The minimum atomic E-state index is -0.155. The van der Waals surface area contributed by atoms with Gasteiger partial charge >= 0.3 is 0 Å². The van der Waals surface area contributed by atoms with E-state index in [2.05, 4.69) is 6.92 Å².